The molecule has 142 valence electrons. The van der Waals surface area contributed by atoms with Crippen molar-refractivity contribution in [3.05, 3.63) is 64.9 Å². The van der Waals surface area contributed by atoms with E-state index in [-0.39, 0.29) is 6.04 Å². The Hall–Kier alpha value is -1.77. The number of thiophene rings is 1. The van der Waals surface area contributed by atoms with Gasteiger partial charge in [-0.3, -0.25) is 4.90 Å². The van der Waals surface area contributed by atoms with Gasteiger partial charge < -0.3 is 4.74 Å². The van der Waals surface area contributed by atoms with Gasteiger partial charge in [0.1, 0.15) is 0 Å². The molecule has 0 spiro atoms. The van der Waals surface area contributed by atoms with Crippen LogP contribution >= 0.6 is 11.3 Å². The first-order valence-electron chi connectivity index (χ1n) is 8.98. The molecule has 7 heteroatoms. The van der Waals surface area contributed by atoms with Crippen LogP contribution in [0.15, 0.2) is 64.9 Å². The van der Waals surface area contributed by atoms with Crippen LogP contribution in [-0.4, -0.2) is 46.2 Å². The average Bonchev–Trinajstić information content (AvgIpc) is 3.23. The van der Waals surface area contributed by atoms with Crippen LogP contribution in [0.5, 0.6) is 0 Å². The largest absolute Gasteiger partial charge is 0.379 e. The summed E-state index contributed by atoms with van der Waals surface area (Å²) in [6, 6.07) is 17.0. The summed E-state index contributed by atoms with van der Waals surface area (Å²) in [4.78, 5) is 3.78. The third-order valence-electron chi connectivity index (χ3n) is 4.86. The molecule has 1 aromatic heterocycles. The van der Waals surface area contributed by atoms with E-state index in [1.165, 1.54) is 0 Å². The molecule has 1 atom stereocenters. The molecule has 0 amide bonds. The van der Waals surface area contributed by atoms with E-state index in [2.05, 4.69) is 15.7 Å². The van der Waals surface area contributed by atoms with E-state index in [4.69, 9.17) is 4.74 Å². The molecule has 3 aromatic rings. The molecule has 27 heavy (non-hydrogen) atoms. The summed E-state index contributed by atoms with van der Waals surface area (Å²) in [5, 5.41) is 3.69. The molecule has 0 bridgehead atoms. The van der Waals surface area contributed by atoms with Crippen molar-refractivity contribution in [2.75, 3.05) is 32.8 Å². The Morgan fingerprint density at radius 3 is 2.59 bits per heavy atom. The second kappa shape index (κ2) is 8.08. The quantitative estimate of drug-likeness (QED) is 0.688. The van der Waals surface area contributed by atoms with Crippen molar-refractivity contribution in [2.24, 2.45) is 0 Å². The molecule has 2 aromatic carbocycles. The molecule has 0 unspecified atom stereocenters. The predicted octanol–water partition coefficient (Wildman–Crippen LogP) is 3.25. The van der Waals surface area contributed by atoms with Crippen LogP contribution in [0.2, 0.25) is 0 Å². The highest BCUT2D eigenvalue weighted by molar-refractivity contribution is 7.89. The van der Waals surface area contributed by atoms with Crippen LogP contribution in [0, 0.1) is 0 Å². The lowest BCUT2D eigenvalue weighted by Gasteiger charge is -2.34. The second-order valence-corrected chi connectivity index (χ2v) is 9.22. The summed E-state index contributed by atoms with van der Waals surface area (Å²) in [6.07, 6.45) is 0. The van der Waals surface area contributed by atoms with Gasteiger partial charge in [-0.05, 0) is 22.9 Å². The minimum absolute atomic E-state index is 0.0126. The van der Waals surface area contributed by atoms with Crippen LogP contribution in [0.25, 0.3) is 10.8 Å². The van der Waals surface area contributed by atoms with Gasteiger partial charge in [0, 0.05) is 29.9 Å². The van der Waals surface area contributed by atoms with E-state index in [1.54, 1.807) is 23.5 Å². The number of morpholine rings is 1. The number of hydrogen-bond donors (Lipinski definition) is 1. The smallest absolute Gasteiger partial charge is 0.241 e. The third kappa shape index (κ3) is 4.07. The highest BCUT2D eigenvalue weighted by atomic mass is 32.2. The van der Waals surface area contributed by atoms with Crippen molar-refractivity contribution in [2.45, 2.75) is 10.9 Å². The summed E-state index contributed by atoms with van der Waals surface area (Å²) >= 11 is 1.66. The molecule has 4 rings (SSSR count). The summed E-state index contributed by atoms with van der Waals surface area (Å²) in [7, 11) is -3.61. The molecular formula is C20H22N2O3S2. The molecule has 0 radical (unpaired) electrons. The highest BCUT2D eigenvalue weighted by Gasteiger charge is 2.26. The Morgan fingerprint density at radius 1 is 1.04 bits per heavy atom. The van der Waals surface area contributed by atoms with E-state index in [0.717, 1.165) is 28.7 Å². The lowest BCUT2D eigenvalue weighted by molar-refractivity contribution is 0.0179. The van der Waals surface area contributed by atoms with Gasteiger partial charge in [0.2, 0.25) is 10.0 Å². The van der Waals surface area contributed by atoms with Gasteiger partial charge >= 0.3 is 0 Å². The zero-order valence-electron chi connectivity index (χ0n) is 14.9. The molecule has 1 N–H and O–H groups in total. The third-order valence-corrected chi connectivity index (χ3v) is 7.32. The van der Waals surface area contributed by atoms with E-state index < -0.39 is 10.0 Å². The Balaban J connectivity index is 1.59. The normalized spacial score (nSPS) is 17.2. The fraction of sp³-hybridized carbons (Fsp3) is 0.300. The maximum absolute atomic E-state index is 13.1. The summed E-state index contributed by atoms with van der Waals surface area (Å²) < 4.78 is 34.4. The van der Waals surface area contributed by atoms with Crippen molar-refractivity contribution < 1.29 is 13.2 Å². The maximum Gasteiger partial charge on any atom is 0.241 e. The lowest BCUT2D eigenvalue weighted by atomic mass is 10.1. The van der Waals surface area contributed by atoms with Crippen LogP contribution in [0.3, 0.4) is 0 Å². The topological polar surface area (TPSA) is 58.6 Å². The minimum Gasteiger partial charge on any atom is -0.379 e. The van der Waals surface area contributed by atoms with Gasteiger partial charge in [-0.25, -0.2) is 13.1 Å². The number of hydrogen-bond acceptors (Lipinski definition) is 5. The van der Waals surface area contributed by atoms with Gasteiger partial charge in [-0.15, -0.1) is 11.3 Å². The summed E-state index contributed by atoms with van der Waals surface area (Å²) in [5.74, 6) is 0. The van der Waals surface area contributed by atoms with E-state index in [1.807, 2.05) is 41.8 Å². The van der Waals surface area contributed by atoms with Crippen molar-refractivity contribution in [3.63, 3.8) is 0 Å². The molecule has 0 saturated carbocycles. The summed E-state index contributed by atoms with van der Waals surface area (Å²) in [5.41, 5.74) is 0. The standard InChI is InChI=1S/C20H22N2O3S2/c23-27(24,20-9-3-6-16-5-1-2-7-17(16)20)21-15-18(19-8-4-14-26-19)22-10-12-25-13-11-22/h1-9,14,18,21H,10-13,15H2/t18-/m0/s1. The first kappa shape index (κ1) is 18.6. The maximum atomic E-state index is 13.1. The predicted molar refractivity (Wildman–Crippen MR) is 109 cm³/mol. The van der Waals surface area contributed by atoms with Gasteiger partial charge in [0.05, 0.1) is 24.2 Å². The molecule has 0 aliphatic carbocycles. The first-order chi connectivity index (χ1) is 13.1. The van der Waals surface area contributed by atoms with Gasteiger partial charge in [-0.1, -0.05) is 42.5 Å². The Bertz CT molecular complexity index is 992. The zero-order chi connectivity index (χ0) is 18.7. The highest BCUT2D eigenvalue weighted by Crippen LogP contribution is 2.27. The number of ether oxygens (including phenoxy) is 1. The molecule has 5 nitrogen and oxygen atoms in total. The van der Waals surface area contributed by atoms with Crippen LogP contribution < -0.4 is 4.72 Å². The van der Waals surface area contributed by atoms with Crippen LogP contribution in [0.4, 0.5) is 0 Å². The van der Waals surface area contributed by atoms with Crippen molar-refractivity contribution >= 4 is 32.1 Å². The first-order valence-corrected chi connectivity index (χ1v) is 11.3. The average molecular weight is 403 g/mol. The monoisotopic (exact) mass is 402 g/mol. The molecule has 1 fully saturated rings. The Kier molecular flexibility index (Phi) is 5.56. The van der Waals surface area contributed by atoms with Crippen LogP contribution in [-0.2, 0) is 14.8 Å². The van der Waals surface area contributed by atoms with E-state index in [9.17, 15) is 8.42 Å². The number of nitrogens with zero attached hydrogens (tertiary/aromatic N) is 1. The number of rotatable bonds is 6. The Morgan fingerprint density at radius 2 is 1.81 bits per heavy atom. The van der Waals surface area contributed by atoms with Gasteiger partial charge in [0.25, 0.3) is 0 Å². The van der Waals surface area contributed by atoms with Crippen molar-refractivity contribution in [3.8, 4) is 0 Å². The SMILES string of the molecule is O=S(=O)(NC[C@@H](c1cccs1)N1CCOCC1)c1cccc2ccccc12. The molecule has 1 saturated heterocycles. The number of nitrogens with one attached hydrogen (secondary N) is 1. The number of sulfonamides is 1. The molecule has 1 aliphatic rings. The summed E-state index contributed by atoms with van der Waals surface area (Å²) in [6.45, 7) is 3.30. The van der Waals surface area contributed by atoms with E-state index >= 15 is 0 Å². The fourth-order valence-corrected chi connectivity index (χ4v) is 5.60. The van der Waals surface area contributed by atoms with Gasteiger partial charge in [0.15, 0.2) is 0 Å². The number of benzene rings is 2. The van der Waals surface area contributed by atoms with Gasteiger partial charge in [-0.2, -0.15) is 0 Å². The van der Waals surface area contributed by atoms with Crippen LogP contribution in [0.1, 0.15) is 10.9 Å². The molecular weight excluding hydrogens is 380 g/mol. The van der Waals surface area contributed by atoms with Crippen molar-refractivity contribution in [1.82, 2.24) is 9.62 Å². The minimum atomic E-state index is -3.61. The van der Waals surface area contributed by atoms with E-state index in [0.29, 0.717) is 24.7 Å². The fourth-order valence-electron chi connectivity index (χ4n) is 3.48. The second-order valence-electron chi connectivity index (χ2n) is 6.51. The lowest BCUT2D eigenvalue weighted by Crippen LogP contribution is -2.43. The molecule has 2 heterocycles. The Labute approximate surface area is 163 Å². The molecule has 1 aliphatic heterocycles. The number of fused-ring (bicyclic) bond motifs is 1. The zero-order valence-corrected chi connectivity index (χ0v) is 16.5. The van der Waals surface area contributed by atoms with Crippen molar-refractivity contribution in [1.29, 1.82) is 0 Å².